The zero-order valence-electron chi connectivity index (χ0n) is 22.2. The van der Waals surface area contributed by atoms with Gasteiger partial charge in [-0.15, -0.1) is 0 Å². The van der Waals surface area contributed by atoms with E-state index in [2.05, 4.69) is 12.2 Å². The number of allylic oxidation sites excluding steroid dienone is 1. The lowest BCUT2D eigenvalue weighted by Crippen LogP contribution is -2.21. The second kappa shape index (κ2) is 16.4. The van der Waals surface area contributed by atoms with Gasteiger partial charge in [0.1, 0.15) is 17.9 Å². The van der Waals surface area contributed by atoms with Crippen LogP contribution in [-0.2, 0) is 9.59 Å². The molecule has 3 N–H and O–H groups in total. The molecule has 2 amide bonds. The number of aryl methyl sites for hydroxylation is 1. The maximum atomic E-state index is 12.1. The molecule has 3 aromatic carbocycles. The van der Waals surface area contributed by atoms with Gasteiger partial charge in [-0.05, 0) is 80.4 Å². The standard InChI is InChI=1S/C20H22O2.C11H14N2O3/c1-3-4-15-22-19-12-10-18(11-13-19)20(21)14-9-17-7-5-16(2)6-8-17;1-2-16-9-5-3-8(4-6-9)13-11(15)7-10(12)14/h5-14H,3-4,15H2,1-2H3;3-6H,2,7H2,1H3,(H2,12,14)(H,13,15)/b14-9+;. The number of ketones is 1. The third-order valence-electron chi connectivity index (χ3n) is 5.19. The highest BCUT2D eigenvalue weighted by atomic mass is 16.5. The predicted octanol–water partition coefficient (Wildman–Crippen LogP) is 5.97. The fourth-order valence-corrected chi connectivity index (χ4v) is 3.16. The first kappa shape index (κ1) is 29.8. The molecule has 3 aromatic rings. The van der Waals surface area contributed by atoms with Crippen LogP contribution in [0.5, 0.6) is 11.5 Å². The van der Waals surface area contributed by atoms with Crippen molar-refractivity contribution in [3.63, 3.8) is 0 Å². The summed E-state index contributed by atoms with van der Waals surface area (Å²) in [7, 11) is 0. The lowest BCUT2D eigenvalue weighted by atomic mass is 10.1. The van der Waals surface area contributed by atoms with E-state index in [4.69, 9.17) is 15.2 Å². The Bertz CT molecular complexity index is 1180. The lowest BCUT2D eigenvalue weighted by Gasteiger charge is -2.06. The number of hydrogen-bond donors (Lipinski definition) is 2. The summed E-state index contributed by atoms with van der Waals surface area (Å²) in [5, 5.41) is 2.55. The van der Waals surface area contributed by atoms with Gasteiger partial charge in [-0.1, -0.05) is 49.2 Å². The molecule has 38 heavy (non-hydrogen) atoms. The van der Waals surface area contributed by atoms with Crippen LogP contribution < -0.4 is 20.5 Å². The Labute approximate surface area is 224 Å². The fraction of sp³-hybridized carbons (Fsp3) is 0.258. The Morgan fingerprint density at radius 3 is 2.03 bits per heavy atom. The Hall–Kier alpha value is -4.39. The summed E-state index contributed by atoms with van der Waals surface area (Å²) in [6.45, 7) is 7.38. The minimum absolute atomic E-state index is 0.000633. The highest BCUT2D eigenvalue weighted by molar-refractivity contribution is 6.06. The van der Waals surface area contributed by atoms with Crippen LogP contribution in [0, 0.1) is 6.92 Å². The van der Waals surface area contributed by atoms with Crippen molar-refractivity contribution in [1.29, 1.82) is 0 Å². The van der Waals surface area contributed by atoms with Gasteiger partial charge in [0.15, 0.2) is 5.78 Å². The quantitative estimate of drug-likeness (QED) is 0.133. The van der Waals surface area contributed by atoms with Crippen LogP contribution in [0.3, 0.4) is 0 Å². The Kier molecular flexibility index (Phi) is 12.9. The van der Waals surface area contributed by atoms with Crippen molar-refractivity contribution in [1.82, 2.24) is 0 Å². The minimum atomic E-state index is -0.650. The van der Waals surface area contributed by atoms with Gasteiger partial charge >= 0.3 is 0 Å². The molecule has 0 unspecified atom stereocenters. The van der Waals surface area contributed by atoms with Crippen molar-refractivity contribution >= 4 is 29.4 Å². The SMILES string of the molecule is CCCCOc1ccc(C(=O)/C=C/c2ccc(C)cc2)cc1.CCOc1ccc(NC(=O)CC(N)=O)cc1. The first-order chi connectivity index (χ1) is 18.3. The average molecular weight is 517 g/mol. The number of hydrogen-bond acceptors (Lipinski definition) is 5. The van der Waals surface area contributed by atoms with E-state index < -0.39 is 11.8 Å². The molecule has 0 radical (unpaired) electrons. The molecule has 0 aliphatic carbocycles. The molecule has 0 atom stereocenters. The highest BCUT2D eigenvalue weighted by Gasteiger charge is 2.06. The van der Waals surface area contributed by atoms with E-state index in [1.54, 1.807) is 30.3 Å². The van der Waals surface area contributed by atoms with E-state index in [0.717, 1.165) is 36.5 Å². The van der Waals surface area contributed by atoms with E-state index >= 15 is 0 Å². The van der Waals surface area contributed by atoms with Crippen molar-refractivity contribution in [2.75, 3.05) is 18.5 Å². The molecule has 200 valence electrons. The van der Waals surface area contributed by atoms with E-state index in [1.165, 1.54) is 5.56 Å². The van der Waals surface area contributed by atoms with E-state index in [0.29, 0.717) is 17.9 Å². The smallest absolute Gasteiger partial charge is 0.233 e. The molecule has 0 aliphatic rings. The van der Waals surface area contributed by atoms with Gasteiger partial charge in [-0.25, -0.2) is 0 Å². The number of nitrogens with two attached hydrogens (primary N) is 1. The molecule has 0 saturated heterocycles. The fourth-order valence-electron chi connectivity index (χ4n) is 3.16. The number of carbonyl (C=O) groups is 3. The molecule has 0 aromatic heterocycles. The third-order valence-corrected chi connectivity index (χ3v) is 5.19. The number of amides is 2. The summed E-state index contributed by atoms with van der Waals surface area (Å²) in [6.07, 6.45) is 5.29. The molecule has 0 fully saturated rings. The Balaban J connectivity index is 0.000000281. The maximum Gasteiger partial charge on any atom is 0.233 e. The number of anilines is 1. The van der Waals surface area contributed by atoms with Crippen molar-refractivity contribution in [2.45, 2.75) is 40.0 Å². The number of carbonyl (C=O) groups excluding carboxylic acids is 3. The first-order valence-electron chi connectivity index (χ1n) is 12.6. The number of benzene rings is 3. The Morgan fingerprint density at radius 1 is 0.842 bits per heavy atom. The number of nitrogens with one attached hydrogen (secondary N) is 1. The minimum Gasteiger partial charge on any atom is -0.494 e. The van der Waals surface area contributed by atoms with Gasteiger partial charge in [-0.3, -0.25) is 14.4 Å². The number of ether oxygens (including phenoxy) is 2. The van der Waals surface area contributed by atoms with Gasteiger partial charge < -0.3 is 20.5 Å². The maximum absolute atomic E-state index is 12.1. The van der Waals surface area contributed by atoms with Crippen molar-refractivity contribution in [2.24, 2.45) is 5.73 Å². The van der Waals surface area contributed by atoms with E-state index in [-0.39, 0.29) is 12.2 Å². The summed E-state index contributed by atoms with van der Waals surface area (Å²) in [5.74, 6) is 0.476. The van der Waals surface area contributed by atoms with Crippen LogP contribution in [-0.4, -0.2) is 30.8 Å². The van der Waals surface area contributed by atoms with Crippen LogP contribution in [0.2, 0.25) is 0 Å². The van der Waals surface area contributed by atoms with Crippen molar-refractivity contribution in [3.8, 4) is 11.5 Å². The second-order valence-electron chi connectivity index (χ2n) is 8.48. The van der Waals surface area contributed by atoms with E-state index in [1.807, 2.05) is 68.5 Å². The summed E-state index contributed by atoms with van der Waals surface area (Å²) in [4.78, 5) is 33.8. The molecule has 7 nitrogen and oxygen atoms in total. The molecule has 0 aliphatic heterocycles. The summed E-state index contributed by atoms with van der Waals surface area (Å²) < 4.78 is 10.8. The summed E-state index contributed by atoms with van der Waals surface area (Å²) in [6, 6.07) is 22.3. The monoisotopic (exact) mass is 516 g/mol. The third kappa shape index (κ3) is 11.6. The highest BCUT2D eigenvalue weighted by Crippen LogP contribution is 2.16. The molecule has 7 heteroatoms. The molecular formula is C31H36N2O5. The molecule has 3 rings (SSSR count). The largest absolute Gasteiger partial charge is 0.494 e. The Morgan fingerprint density at radius 2 is 1.45 bits per heavy atom. The first-order valence-corrected chi connectivity index (χ1v) is 12.6. The molecule has 0 spiro atoms. The predicted molar refractivity (Wildman–Crippen MR) is 151 cm³/mol. The van der Waals surface area contributed by atoms with Gasteiger partial charge in [0.2, 0.25) is 11.8 Å². The molecule has 0 saturated carbocycles. The summed E-state index contributed by atoms with van der Waals surface area (Å²) in [5.41, 5.74) is 8.41. The van der Waals surface area contributed by atoms with Crippen LogP contribution in [0.25, 0.3) is 6.08 Å². The van der Waals surface area contributed by atoms with Crippen LogP contribution >= 0.6 is 0 Å². The number of rotatable bonds is 12. The number of unbranched alkanes of at least 4 members (excludes halogenated alkanes) is 1. The summed E-state index contributed by atoms with van der Waals surface area (Å²) >= 11 is 0. The van der Waals surface area contributed by atoms with Gasteiger partial charge in [0.25, 0.3) is 0 Å². The van der Waals surface area contributed by atoms with E-state index in [9.17, 15) is 14.4 Å². The number of primary amides is 1. The van der Waals surface area contributed by atoms with Crippen molar-refractivity contribution < 1.29 is 23.9 Å². The zero-order chi connectivity index (χ0) is 27.8. The normalized spacial score (nSPS) is 10.3. The second-order valence-corrected chi connectivity index (χ2v) is 8.48. The van der Waals surface area contributed by atoms with Gasteiger partial charge in [0.05, 0.1) is 13.2 Å². The average Bonchev–Trinajstić information content (AvgIpc) is 2.90. The lowest BCUT2D eigenvalue weighted by molar-refractivity contribution is -0.124. The topological polar surface area (TPSA) is 108 Å². The van der Waals surface area contributed by atoms with Crippen LogP contribution in [0.4, 0.5) is 5.69 Å². The van der Waals surface area contributed by atoms with Crippen LogP contribution in [0.1, 0.15) is 54.6 Å². The van der Waals surface area contributed by atoms with Crippen molar-refractivity contribution in [3.05, 3.63) is 95.6 Å². The zero-order valence-corrected chi connectivity index (χ0v) is 22.2. The van der Waals surface area contributed by atoms with Gasteiger partial charge in [-0.2, -0.15) is 0 Å². The van der Waals surface area contributed by atoms with Crippen LogP contribution in [0.15, 0.2) is 78.9 Å². The molecular weight excluding hydrogens is 480 g/mol. The molecule has 0 heterocycles. The molecule has 0 bridgehead atoms. The van der Waals surface area contributed by atoms with Gasteiger partial charge in [0, 0.05) is 11.3 Å².